The molecule has 0 spiro atoms. The highest BCUT2D eigenvalue weighted by Gasteiger charge is 2.22. The number of aryl methyl sites for hydroxylation is 1. The molecule has 1 fully saturated rings. The Kier molecular flexibility index (Phi) is 3.90. The van der Waals surface area contributed by atoms with Crippen molar-refractivity contribution in [1.29, 1.82) is 0 Å². The molecule has 1 aliphatic heterocycles. The molecular weight excluding hydrogens is 224 g/mol. The van der Waals surface area contributed by atoms with Crippen LogP contribution < -0.4 is 5.73 Å². The molecule has 1 aliphatic rings. The van der Waals surface area contributed by atoms with Gasteiger partial charge in [-0.05, 0) is 49.4 Å². The predicted molar refractivity (Wildman–Crippen MR) is 74.5 cm³/mol. The van der Waals surface area contributed by atoms with Crippen molar-refractivity contribution in [2.45, 2.75) is 33.1 Å². The molecule has 0 aliphatic carbocycles. The van der Waals surface area contributed by atoms with Gasteiger partial charge in [0.25, 0.3) is 5.91 Å². The molecule has 18 heavy (non-hydrogen) atoms. The number of rotatable bonds is 2. The van der Waals surface area contributed by atoms with E-state index in [0.717, 1.165) is 48.7 Å². The fourth-order valence-corrected chi connectivity index (χ4v) is 2.54. The van der Waals surface area contributed by atoms with Gasteiger partial charge < -0.3 is 10.6 Å². The van der Waals surface area contributed by atoms with Gasteiger partial charge in [0.1, 0.15) is 0 Å². The van der Waals surface area contributed by atoms with E-state index in [9.17, 15) is 4.79 Å². The lowest BCUT2D eigenvalue weighted by Crippen LogP contribution is -2.38. The predicted octanol–water partition coefficient (Wildman–Crippen LogP) is 2.84. The Hall–Kier alpha value is -1.51. The minimum absolute atomic E-state index is 0.146. The quantitative estimate of drug-likeness (QED) is 0.816. The molecule has 2 rings (SSSR count). The summed E-state index contributed by atoms with van der Waals surface area (Å²) in [5, 5.41) is 0. The number of hydrogen-bond donors (Lipinski definition) is 1. The zero-order chi connectivity index (χ0) is 13.1. The van der Waals surface area contributed by atoms with Crippen molar-refractivity contribution in [1.82, 2.24) is 4.90 Å². The third-order valence-electron chi connectivity index (χ3n) is 4.00. The number of nitrogens with zero attached hydrogens (tertiary/aromatic N) is 1. The van der Waals surface area contributed by atoms with E-state index < -0.39 is 0 Å². The molecule has 1 saturated heterocycles. The van der Waals surface area contributed by atoms with Crippen molar-refractivity contribution < 1.29 is 4.79 Å². The molecular formula is C15H22N2O. The van der Waals surface area contributed by atoms with Gasteiger partial charge in [-0.2, -0.15) is 0 Å². The fraction of sp³-hybridized carbons (Fsp3) is 0.533. The third kappa shape index (κ3) is 2.66. The Morgan fingerprint density at radius 3 is 2.61 bits per heavy atom. The third-order valence-corrected chi connectivity index (χ3v) is 4.00. The molecule has 0 bridgehead atoms. The molecule has 2 N–H and O–H groups in total. The Morgan fingerprint density at radius 2 is 2.06 bits per heavy atom. The number of amides is 1. The Bertz CT molecular complexity index is 434. The van der Waals surface area contributed by atoms with Crippen LogP contribution in [0.3, 0.4) is 0 Å². The summed E-state index contributed by atoms with van der Waals surface area (Å²) in [7, 11) is 0. The topological polar surface area (TPSA) is 46.3 Å². The molecule has 1 amide bonds. The van der Waals surface area contributed by atoms with Crippen molar-refractivity contribution in [2.75, 3.05) is 18.8 Å². The van der Waals surface area contributed by atoms with Crippen LogP contribution in [0.2, 0.25) is 0 Å². The number of carbonyl (C=O) groups excluding carboxylic acids is 1. The standard InChI is InChI=1S/C15H22N2O/c1-3-12-6-8-17(9-7-12)15(18)13-4-5-14(16)11(2)10-13/h4-5,10,12H,3,6-9,16H2,1-2H3. The van der Waals surface area contributed by atoms with E-state index >= 15 is 0 Å². The van der Waals surface area contributed by atoms with Crippen LogP contribution in [-0.2, 0) is 0 Å². The van der Waals surface area contributed by atoms with Crippen LogP contribution in [0, 0.1) is 12.8 Å². The van der Waals surface area contributed by atoms with Crippen LogP contribution in [0.25, 0.3) is 0 Å². The largest absolute Gasteiger partial charge is 0.399 e. The summed E-state index contributed by atoms with van der Waals surface area (Å²) in [6, 6.07) is 5.54. The monoisotopic (exact) mass is 246 g/mol. The van der Waals surface area contributed by atoms with Gasteiger partial charge in [-0.15, -0.1) is 0 Å². The van der Waals surface area contributed by atoms with E-state index in [1.54, 1.807) is 0 Å². The second kappa shape index (κ2) is 5.42. The first kappa shape index (κ1) is 12.9. The van der Waals surface area contributed by atoms with Crippen molar-refractivity contribution in [3.8, 4) is 0 Å². The minimum atomic E-state index is 0.146. The van der Waals surface area contributed by atoms with Crippen LogP contribution in [0.5, 0.6) is 0 Å². The van der Waals surface area contributed by atoms with Gasteiger partial charge in [-0.3, -0.25) is 4.79 Å². The molecule has 0 saturated carbocycles. The van der Waals surface area contributed by atoms with E-state index in [1.807, 2.05) is 30.0 Å². The van der Waals surface area contributed by atoms with E-state index in [0.29, 0.717) is 0 Å². The van der Waals surface area contributed by atoms with Crippen molar-refractivity contribution in [3.63, 3.8) is 0 Å². The first-order valence-electron chi connectivity index (χ1n) is 6.77. The first-order valence-corrected chi connectivity index (χ1v) is 6.77. The summed E-state index contributed by atoms with van der Waals surface area (Å²) in [6.45, 7) is 5.95. The molecule has 1 heterocycles. The molecule has 1 aromatic carbocycles. The van der Waals surface area contributed by atoms with Gasteiger partial charge in [0, 0.05) is 24.3 Å². The van der Waals surface area contributed by atoms with Gasteiger partial charge in [0.05, 0.1) is 0 Å². The summed E-state index contributed by atoms with van der Waals surface area (Å²) in [5.41, 5.74) is 8.26. The van der Waals surface area contributed by atoms with E-state index in [2.05, 4.69) is 6.92 Å². The van der Waals surface area contributed by atoms with E-state index in [1.165, 1.54) is 6.42 Å². The van der Waals surface area contributed by atoms with Crippen molar-refractivity contribution >= 4 is 11.6 Å². The number of anilines is 1. The summed E-state index contributed by atoms with van der Waals surface area (Å²) >= 11 is 0. The summed E-state index contributed by atoms with van der Waals surface area (Å²) in [5.74, 6) is 0.940. The second-order valence-electron chi connectivity index (χ2n) is 5.22. The van der Waals surface area contributed by atoms with Crippen LogP contribution in [0.4, 0.5) is 5.69 Å². The lowest BCUT2D eigenvalue weighted by molar-refractivity contribution is 0.0689. The smallest absolute Gasteiger partial charge is 0.253 e. The van der Waals surface area contributed by atoms with Crippen molar-refractivity contribution in [3.05, 3.63) is 29.3 Å². The second-order valence-corrected chi connectivity index (χ2v) is 5.22. The van der Waals surface area contributed by atoms with Gasteiger partial charge >= 0.3 is 0 Å². The zero-order valence-corrected chi connectivity index (χ0v) is 11.3. The normalized spacial score (nSPS) is 16.9. The molecule has 3 heteroatoms. The molecule has 1 aromatic rings. The Balaban J connectivity index is 2.05. The number of nitrogens with two attached hydrogens (primary N) is 1. The number of benzene rings is 1. The fourth-order valence-electron chi connectivity index (χ4n) is 2.54. The maximum Gasteiger partial charge on any atom is 0.253 e. The summed E-state index contributed by atoms with van der Waals surface area (Å²) in [6.07, 6.45) is 3.50. The summed E-state index contributed by atoms with van der Waals surface area (Å²) in [4.78, 5) is 14.3. The average molecular weight is 246 g/mol. The van der Waals surface area contributed by atoms with Gasteiger partial charge in [0.2, 0.25) is 0 Å². The lowest BCUT2D eigenvalue weighted by atomic mass is 9.94. The summed E-state index contributed by atoms with van der Waals surface area (Å²) < 4.78 is 0. The highest BCUT2D eigenvalue weighted by Crippen LogP contribution is 2.22. The molecule has 3 nitrogen and oxygen atoms in total. The molecule has 0 radical (unpaired) electrons. The molecule has 0 atom stereocenters. The van der Waals surface area contributed by atoms with Gasteiger partial charge in [-0.1, -0.05) is 13.3 Å². The number of carbonyl (C=O) groups is 1. The lowest BCUT2D eigenvalue weighted by Gasteiger charge is -2.31. The van der Waals surface area contributed by atoms with E-state index in [-0.39, 0.29) is 5.91 Å². The van der Waals surface area contributed by atoms with Gasteiger partial charge in [0.15, 0.2) is 0 Å². The Labute approximate surface area is 109 Å². The number of hydrogen-bond acceptors (Lipinski definition) is 2. The zero-order valence-electron chi connectivity index (χ0n) is 11.3. The van der Waals surface area contributed by atoms with E-state index in [4.69, 9.17) is 5.73 Å². The maximum absolute atomic E-state index is 12.3. The number of likely N-dealkylation sites (tertiary alicyclic amines) is 1. The molecule has 0 aromatic heterocycles. The number of nitrogen functional groups attached to an aromatic ring is 1. The van der Waals surface area contributed by atoms with Crippen molar-refractivity contribution in [2.24, 2.45) is 5.92 Å². The molecule has 0 unspecified atom stereocenters. The minimum Gasteiger partial charge on any atom is -0.399 e. The maximum atomic E-state index is 12.3. The van der Waals surface area contributed by atoms with Crippen LogP contribution in [0.1, 0.15) is 42.1 Å². The van der Waals surface area contributed by atoms with Gasteiger partial charge in [-0.25, -0.2) is 0 Å². The SMILES string of the molecule is CCC1CCN(C(=O)c2ccc(N)c(C)c2)CC1. The molecule has 98 valence electrons. The Morgan fingerprint density at radius 1 is 1.39 bits per heavy atom. The van der Waals surface area contributed by atoms with Crippen LogP contribution in [-0.4, -0.2) is 23.9 Å². The van der Waals surface area contributed by atoms with Crippen LogP contribution >= 0.6 is 0 Å². The van der Waals surface area contributed by atoms with Crippen LogP contribution in [0.15, 0.2) is 18.2 Å². The number of piperidine rings is 1. The average Bonchev–Trinajstić information content (AvgIpc) is 2.41. The highest BCUT2D eigenvalue weighted by molar-refractivity contribution is 5.94. The highest BCUT2D eigenvalue weighted by atomic mass is 16.2. The first-order chi connectivity index (χ1) is 8.61.